The van der Waals surface area contributed by atoms with Crippen LogP contribution in [0.5, 0.6) is 0 Å². The van der Waals surface area contributed by atoms with Gasteiger partial charge in [-0.3, -0.25) is 9.36 Å². The second-order valence-corrected chi connectivity index (χ2v) is 8.03. The number of carbonyl (C=O) groups excluding carboxylic acids is 1. The van der Waals surface area contributed by atoms with E-state index in [4.69, 9.17) is 0 Å². The Bertz CT molecular complexity index is 1160. The summed E-state index contributed by atoms with van der Waals surface area (Å²) in [5.41, 5.74) is 3.42. The summed E-state index contributed by atoms with van der Waals surface area (Å²) in [7, 11) is 0. The van der Waals surface area contributed by atoms with E-state index in [1.807, 2.05) is 61.5 Å². The number of nitrogens with one attached hydrogen (secondary N) is 1. The second-order valence-electron chi connectivity index (χ2n) is 6.72. The van der Waals surface area contributed by atoms with E-state index < -0.39 is 5.25 Å². The number of imidazole rings is 1. The molecule has 1 heterocycles. The number of benzene rings is 3. The van der Waals surface area contributed by atoms with Gasteiger partial charge in [-0.25, -0.2) is 9.37 Å². The number of carbonyl (C=O) groups is 1. The van der Waals surface area contributed by atoms with Gasteiger partial charge >= 0.3 is 0 Å². The van der Waals surface area contributed by atoms with Crippen molar-refractivity contribution >= 4 is 23.4 Å². The molecule has 0 fully saturated rings. The highest BCUT2D eigenvalue weighted by Crippen LogP contribution is 2.30. The van der Waals surface area contributed by atoms with Crippen molar-refractivity contribution in [1.29, 1.82) is 0 Å². The molecule has 150 valence electrons. The molecule has 0 saturated carbocycles. The van der Waals surface area contributed by atoms with Crippen molar-refractivity contribution in [3.63, 3.8) is 0 Å². The van der Waals surface area contributed by atoms with Crippen molar-refractivity contribution in [2.24, 2.45) is 0 Å². The quantitative estimate of drug-likeness (QED) is 0.404. The molecule has 6 heteroatoms. The number of nitrogens with zero attached hydrogens (tertiary/aromatic N) is 2. The maximum absolute atomic E-state index is 13.6. The zero-order chi connectivity index (χ0) is 20.9. The van der Waals surface area contributed by atoms with Crippen LogP contribution in [0.25, 0.3) is 16.8 Å². The number of rotatable bonds is 6. The van der Waals surface area contributed by atoms with Crippen molar-refractivity contribution < 1.29 is 9.18 Å². The Morgan fingerprint density at radius 2 is 1.80 bits per heavy atom. The molecule has 1 amide bonds. The lowest BCUT2D eigenvalue weighted by molar-refractivity contribution is -0.115. The van der Waals surface area contributed by atoms with Crippen LogP contribution in [0.2, 0.25) is 0 Å². The Balaban J connectivity index is 1.51. The van der Waals surface area contributed by atoms with Crippen molar-refractivity contribution in [1.82, 2.24) is 9.55 Å². The molecular weight excluding hydrogens is 397 g/mol. The van der Waals surface area contributed by atoms with Gasteiger partial charge in [0.1, 0.15) is 5.82 Å². The van der Waals surface area contributed by atoms with E-state index in [0.717, 1.165) is 16.8 Å². The first-order valence-electron chi connectivity index (χ1n) is 9.53. The van der Waals surface area contributed by atoms with Crippen molar-refractivity contribution in [3.05, 3.63) is 97.1 Å². The number of para-hydroxylation sites is 1. The van der Waals surface area contributed by atoms with Crippen LogP contribution >= 0.6 is 11.8 Å². The Hall–Kier alpha value is -3.38. The molecule has 4 rings (SSSR count). The van der Waals surface area contributed by atoms with Crippen molar-refractivity contribution in [2.45, 2.75) is 17.3 Å². The first kappa shape index (κ1) is 19.9. The molecule has 1 atom stereocenters. The van der Waals surface area contributed by atoms with E-state index in [2.05, 4.69) is 10.3 Å². The van der Waals surface area contributed by atoms with Gasteiger partial charge in [0.25, 0.3) is 0 Å². The highest BCUT2D eigenvalue weighted by atomic mass is 32.2. The van der Waals surface area contributed by atoms with E-state index in [1.54, 1.807) is 29.1 Å². The minimum atomic E-state index is -0.400. The van der Waals surface area contributed by atoms with Gasteiger partial charge in [0.2, 0.25) is 5.91 Å². The molecule has 0 bridgehead atoms. The second kappa shape index (κ2) is 8.97. The monoisotopic (exact) mass is 417 g/mol. The van der Waals surface area contributed by atoms with Gasteiger partial charge in [0.15, 0.2) is 5.16 Å². The zero-order valence-corrected chi connectivity index (χ0v) is 17.1. The Kier molecular flexibility index (Phi) is 5.95. The maximum Gasteiger partial charge on any atom is 0.237 e. The number of hydrogen-bond donors (Lipinski definition) is 1. The number of thioether (sulfide) groups is 1. The lowest BCUT2D eigenvalue weighted by atomic mass is 10.0. The maximum atomic E-state index is 13.6. The molecule has 3 aromatic carbocycles. The molecule has 1 aromatic heterocycles. The molecule has 30 heavy (non-hydrogen) atoms. The molecule has 0 aliphatic carbocycles. The summed E-state index contributed by atoms with van der Waals surface area (Å²) in [6.07, 6.45) is 3.40. The van der Waals surface area contributed by atoms with Gasteiger partial charge in [0, 0.05) is 23.6 Å². The molecule has 0 aliphatic heterocycles. The average molecular weight is 418 g/mol. The summed E-state index contributed by atoms with van der Waals surface area (Å²) in [5, 5.41) is 3.26. The summed E-state index contributed by atoms with van der Waals surface area (Å²) >= 11 is 1.32. The standard InChI is InChI=1S/C24H20FN3OS/c1-17(30-24-26-14-15-28(24)20-11-7-10-19(25)16-20)23(29)27-22-13-6-5-12-21(22)18-8-3-2-4-9-18/h2-17H,1H3,(H,27,29). The van der Waals surface area contributed by atoms with E-state index >= 15 is 0 Å². The van der Waals surface area contributed by atoms with Gasteiger partial charge in [-0.15, -0.1) is 0 Å². The van der Waals surface area contributed by atoms with Crippen LogP contribution in [-0.4, -0.2) is 20.7 Å². The van der Waals surface area contributed by atoms with Crippen LogP contribution in [0, 0.1) is 5.82 Å². The van der Waals surface area contributed by atoms with Gasteiger partial charge in [-0.05, 0) is 36.8 Å². The molecular formula is C24H20FN3OS. The fourth-order valence-corrected chi connectivity index (χ4v) is 3.99. The molecule has 1 unspecified atom stereocenters. The Morgan fingerprint density at radius 3 is 2.60 bits per heavy atom. The largest absolute Gasteiger partial charge is 0.325 e. The predicted molar refractivity (Wildman–Crippen MR) is 119 cm³/mol. The van der Waals surface area contributed by atoms with E-state index in [9.17, 15) is 9.18 Å². The predicted octanol–water partition coefficient (Wildman–Crippen LogP) is 5.80. The summed E-state index contributed by atoms with van der Waals surface area (Å²) in [4.78, 5) is 17.2. The van der Waals surface area contributed by atoms with Gasteiger partial charge in [0.05, 0.1) is 10.9 Å². The van der Waals surface area contributed by atoms with E-state index in [0.29, 0.717) is 10.8 Å². The van der Waals surface area contributed by atoms with Crippen LogP contribution < -0.4 is 5.32 Å². The zero-order valence-electron chi connectivity index (χ0n) is 16.3. The highest BCUT2D eigenvalue weighted by Gasteiger charge is 2.19. The minimum Gasteiger partial charge on any atom is -0.325 e. The third-order valence-corrected chi connectivity index (χ3v) is 5.69. The normalized spacial score (nSPS) is 11.8. The van der Waals surface area contributed by atoms with E-state index in [1.165, 1.54) is 23.9 Å². The molecule has 4 nitrogen and oxygen atoms in total. The smallest absolute Gasteiger partial charge is 0.237 e. The number of anilines is 1. The fraction of sp³-hybridized carbons (Fsp3) is 0.0833. The van der Waals surface area contributed by atoms with Crippen LogP contribution in [0.1, 0.15) is 6.92 Å². The first-order chi connectivity index (χ1) is 14.6. The summed E-state index contributed by atoms with van der Waals surface area (Å²) < 4.78 is 15.4. The lowest BCUT2D eigenvalue weighted by Crippen LogP contribution is -2.23. The minimum absolute atomic E-state index is 0.128. The molecule has 0 spiro atoms. The summed E-state index contributed by atoms with van der Waals surface area (Å²) in [5.74, 6) is -0.447. The molecule has 4 aromatic rings. The molecule has 0 radical (unpaired) electrons. The Labute approximate surface area is 178 Å². The number of aromatic nitrogens is 2. The van der Waals surface area contributed by atoms with Crippen LogP contribution in [0.4, 0.5) is 10.1 Å². The van der Waals surface area contributed by atoms with Crippen LogP contribution in [0.3, 0.4) is 0 Å². The van der Waals surface area contributed by atoms with Gasteiger partial charge in [-0.1, -0.05) is 66.4 Å². The Morgan fingerprint density at radius 1 is 1.03 bits per heavy atom. The highest BCUT2D eigenvalue weighted by molar-refractivity contribution is 8.00. The van der Waals surface area contributed by atoms with Crippen molar-refractivity contribution in [2.75, 3.05) is 5.32 Å². The first-order valence-corrected chi connectivity index (χ1v) is 10.4. The topological polar surface area (TPSA) is 46.9 Å². The van der Waals surface area contributed by atoms with Gasteiger partial charge in [-0.2, -0.15) is 0 Å². The third-order valence-electron chi connectivity index (χ3n) is 4.61. The van der Waals surface area contributed by atoms with Gasteiger partial charge < -0.3 is 5.32 Å². The van der Waals surface area contributed by atoms with E-state index in [-0.39, 0.29) is 11.7 Å². The molecule has 0 saturated heterocycles. The number of hydrogen-bond acceptors (Lipinski definition) is 3. The van der Waals surface area contributed by atoms with Crippen LogP contribution in [-0.2, 0) is 4.79 Å². The summed E-state index contributed by atoms with van der Waals surface area (Å²) in [6.45, 7) is 1.83. The SMILES string of the molecule is CC(Sc1nccn1-c1cccc(F)c1)C(=O)Nc1ccccc1-c1ccccc1. The fourth-order valence-electron chi connectivity index (χ4n) is 3.11. The number of halogens is 1. The molecule has 1 N–H and O–H groups in total. The number of amides is 1. The summed E-state index contributed by atoms with van der Waals surface area (Å²) in [6, 6.07) is 23.9. The van der Waals surface area contributed by atoms with Crippen molar-refractivity contribution in [3.8, 4) is 16.8 Å². The lowest BCUT2D eigenvalue weighted by Gasteiger charge is -2.15. The van der Waals surface area contributed by atoms with Crippen LogP contribution in [0.15, 0.2) is 96.4 Å². The average Bonchev–Trinajstić information content (AvgIpc) is 3.23. The third kappa shape index (κ3) is 4.44. The molecule has 0 aliphatic rings.